The highest BCUT2D eigenvalue weighted by molar-refractivity contribution is 5.85. The van der Waals surface area contributed by atoms with E-state index in [1.54, 1.807) is 21.1 Å². The predicted molar refractivity (Wildman–Crippen MR) is 138 cm³/mol. The smallest absolute Gasteiger partial charge is 0.309 e. The molecule has 2 aromatic rings. The number of piperazine rings is 1. The van der Waals surface area contributed by atoms with E-state index < -0.39 is 0 Å². The lowest BCUT2D eigenvalue weighted by atomic mass is 10.1. The van der Waals surface area contributed by atoms with Gasteiger partial charge in [-0.15, -0.1) is 24.8 Å². The summed E-state index contributed by atoms with van der Waals surface area (Å²) in [7, 11) is 3.20. The predicted octanol–water partition coefficient (Wildman–Crippen LogP) is 4.20. The molecular formula is C25H36Cl2N2O5. The standard InChI is InChI=1S/C25H34N2O5.2ClH/c1-4-31-23(28)12-17-32-24-21(10-11-22(29-2)25(24)30-3)19-27-15-13-26(14-16-27)18-20-8-6-5-7-9-20;;/h5-11H,4,12-19H2,1-3H3;2*1H. The number of halogens is 2. The highest BCUT2D eigenvalue weighted by atomic mass is 35.5. The number of benzene rings is 2. The van der Waals surface area contributed by atoms with E-state index in [1.165, 1.54) is 5.56 Å². The summed E-state index contributed by atoms with van der Waals surface area (Å²) in [4.78, 5) is 16.6. The Bertz CT molecular complexity index is 862. The van der Waals surface area contributed by atoms with Gasteiger partial charge < -0.3 is 18.9 Å². The van der Waals surface area contributed by atoms with Crippen LogP contribution in [0.3, 0.4) is 0 Å². The molecule has 0 N–H and O–H groups in total. The highest BCUT2D eigenvalue weighted by Gasteiger charge is 2.22. The number of carbonyl (C=O) groups excluding carboxylic acids is 1. The van der Waals surface area contributed by atoms with Gasteiger partial charge in [0.1, 0.15) is 0 Å². The first kappa shape index (κ1) is 29.8. The quantitative estimate of drug-likeness (QED) is 0.416. The minimum Gasteiger partial charge on any atom is -0.493 e. The zero-order chi connectivity index (χ0) is 22.8. The second kappa shape index (κ2) is 15.7. The summed E-state index contributed by atoms with van der Waals surface area (Å²) in [5.74, 6) is 1.51. The summed E-state index contributed by atoms with van der Waals surface area (Å²) in [6.45, 7) is 8.08. The molecule has 1 saturated heterocycles. The number of methoxy groups -OCH3 is 2. The maximum Gasteiger partial charge on any atom is 0.309 e. The molecule has 1 heterocycles. The van der Waals surface area contributed by atoms with Crippen molar-refractivity contribution in [1.29, 1.82) is 0 Å². The fraction of sp³-hybridized carbons (Fsp3) is 0.480. The Labute approximate surface area is 215 Å². The van der Waals surface area contributed by atoms with Crippen molar-refractivity contribution in [3.63, 3.8) is 0 Å². The third-order valence-electron chi connectivity index (χ3n) is 5.55. The monoisotopic (exact) mass is 514 g/mol. The molecule has 0 aromatic heterocycles. The lowest BCUT2D eigenvalue weighted by molar-refractivity contribution is -0.143. The minimum atomic E-state index is -0.273. The van der Waals surface area contributed by atoms with Crippen LogP contribution in [0.1, 0.15) is 24.5 Å². The summed E-state index contributed by atoms with van der Waals surface area (Å²) in [5.41, 5.74) is 2.36. The van der Waals surface area contributed by atoms with Gasteiger partial charge in [0.15, 0.2) is 11.5 Å². The molecule has 3 rings (SSSR count). The molecule has 0 atom stereocenters. The molecule has 2 aromatic carbocycles. The molecule has 0 bridgehead atoms. The van der Waals surface area contributed by atoms with Crippen molar-refractivity contribution in [2.75, 3.05) is 53.6 Å². The van der Waals surface area contributed by atoms with Gasteiger partial charge in [-0.05, 0) is 18.6 Å². The number of carbonyl (C=O) groups is 1. The normalized spacial score (nSPS) is 13.9. The Kier molecular flexibility index (Phi) is 13.7. The van der Waals surface area contributed by atoms with Crippen LogP contribution < -0.4 is 14.2 Å². The molecule has 1 fully saturated rings. The van der Waals surface area contributed by atoms with Crippen LogP contribution in [0.2, 0.25) is 0 Å². The maximum atomic E-state index is 11.7. The lowest BCUT2D eigenvalue weighted by Gasteiger charge is -2.35. The Morgan fingerprint density at radius 2 is 1.50 bits per heavy atom. The Hall–Kier alpha value is -2.19. The number of hydrogen-bond donors (Lipinski definition) is 0. The Morgan fingerprint density at radius 3 is 2.09 bits per heavy atom. The molecule has 1 aliphatic heterocycles. The van der Waals surface area contributed by atoms with E-state index in [0.717, 1.165) is 44.8 Å². The second-order valence-corrected chi connectivity index (χ2v) is 7.73. The summed E-state index contributed by atoms with van der Waals surface area (Å²) in [6.07, 6.45) is 0.186. The number of hydrogen-bond acceptors (Lipinski definition) is 7. The van der Waals surface area contributed by atoms with Gasteiger partial charge in [-0.25, -0.2) is 0 Å². The molecule has 7 nitrogen and oxygen atoms in total. The SMILES string of the molecule is CCOC(=O)CCOc1c(CN2CCN(Cc3ccccc3)CC2)ccc(OC)c1OC.Cl.Cl. The lowest BCUT2D eigenvalue weighted by Crippen LogP contribution is -2.45. The molecule has 0 saturated carbocycles. The first-order chi connectivity index (χ1) is 15.6. The molecule has 0 spiro atoms. The van der Waals surface area contributed by atoms with Gasteiger partial charge in [0.25, 0.3) is 0 Å². The van der Waals surface area contributed by atoms with Crippen molar-refractivity contribution in [2.24, 2.45) is 0 Å². The fourth-order valence-electron chi connectivity index (χ4n) is 3.88. The number of ether oxygens (including phenoxy) is 4. The van der Waals surface area contributed by atoms with Crippen molar-refractivity contribution in [2.45, 2.75) is 26.4 Å². The fourth-order valence-corrected chi connectivity index (χ4v) is 3.88. The van der Waals surface area contributed by atoms with Gasteiger partial charge in [0, 0.05) is 44.8 Å². The molecule has 9 heteroatoms. The van der Waals surface area contributed by atoms with Crippen molar-refractivity contribution in [3.8, 4) is 17.2 Å². The molecule has 0 aliphatic carbocycles. The molecular weight excluding hydrogens is 479 g/mol. The zero-order valence-electron chi connectivity index (χ0n) is 20.2. The molecule has 1 aliphatic rings. The highest BCUT2D eigenvalue weighted by Crippen LogP contribution is 2.40. The van der Waals surface area contributed by atoms with Crippen LogP contribution in [0.4, 0.5) is 0 Å². The average molecular weight is 515 g/mol. The summed E-state index contributed by atoms with van der Waals surface area (Å²) < 4.78 is 22.0. The van der Waals surface area contributed by atoms with E-state index in [4.69, 9.17) is 18.9 Å². The van der Waals surface area contributed by atoms with Gasteiger partial charge in [-0.3, -0.25) is 14.6 Å². The largest absolute Gasteiger partial charge is 0.493 e. The third kappa shape index (κ3) is 8.55. The van der Waals surface area contributed by atoms with Crippen LogP contribution in [-0.4, -0.2) is 69.4 Å². The van der Waals surface area contributed by atoms with Crippen LogP contribution >= 0.6 is 24.8 Å². The van der Waals surface area contributed by atoms with Gasteiger partial charge in [-0.2, -0.15) is 0 Å². The van der Waals surface area contributed by atoms with Crippen LogP contribution in [0, 0.1) is 0 Å². The van der Waals surface area contributed by atoms with E-state index in [0.29, 0.717) is 23.9 Å². The summed E-state index contributed by atoms with van der Waals surface area (Å²) in [5, 5.41) is 0. The Balaban J connectivity index is 0.00000289. The van der Waals surface area contributed by atoms with E-state index in [9.17, 15) is 4.79 Å². The van der Waals surface area contributed by atoms with E-state index in [-0.39, 0.29) is 43.8 Å². The van der Waals surface area contributed by atoms with Gasteiger partial charge in [0.05, 0.1) is 33.9 Å². The van der Waals surface area contributed by atoms with E-state index >= 15 is 0 Å². The molecule has 190 valence electrons. The van der Waals surface area contributed by atoms with Gasteiger partial charge in [0.2, 0.25) is 5.75 Å². The zero-order valence-corrected chi connectivity index (χ0v) is 21.8. The molecule has 0 amide bonds. The van der Waals surface area contributed by atoms with Gasteiger partial charge in [-0.1, -0.05) is 36.4 Å². The Morgan fingerprint density at radius 1 is 0.853 bits per heavy atom. The van der Waals surface area contributed by atoms with Crippen molar-refractivity contribution in [3.05, 3.63) is 53.6 Å². The maximum absolute atomic E-state index is 11.7. The molecule has 0 unspecified atom stereocenters. The molecule has 0 radical (unpaired) electrons. The second-order valence-electron chi connectivity index (χ2n) is 7.73. The van der Waals surface area contributed by atoms with Crippen LogP contribution in [-0.2, 0) is 22.6 Å². The van der Waals surface area contributed by atoms with Crippen LogP contribution in [0.5, 0.6) is 17.2 Å². The summed E-state index contributed by atoms with van der Waals surface area (Å²) >= 11 is 0. The third-order valence-corrected chi connectivity index (χ3v) is 5.55. The average Bonchev–Trinajstić information content (AvgIpc) is 2.81. The number of rotatable bonds is 11. The minimum absolute atomic E-state index is 0. The number of esters is 1. The first-order valence-electron chi connectivity index (χ1n) is 11.2. The van der Waals surface area contributed by atoms with Gasteiger partial charge >= 0.3 is 5.97 Å². The topological polar surface area (TPSA) is 60.5 Å². The first-order valence-corrected chi connectivity index (χ1v) is 11.2. The van der Waals surface area contributed by atoms with Crippen molar-refractivity contribution < 1.29 is 23.7 Å². The van der Waals surface area contributed by atoms with Crippen LogP contribution in [0.25, 0.3) is 0 Å². The van der Waals surface area contributed by atoms with Crippen molar-refractivity contribution >= 4 is 30.8 Å². The number of nitrogens with zero attached hydrogens (tertiary/aromatic N) is 2. The summed E-state index contributed by atoms with van der Waals surface area (Å²) in [6, 6.07) is 14.5. The van der Waals surface area contributed by atoms with E-state index in [1.807, 2.05) is 12.1 Å². The molecule has 34 heavy (non-hydrogen) atoms. The van der Waals surface area contributed by atoms with Crippen LogP contribution in [0.15, 0.2) is 42.5 Å². The van der Waals surface area contributed by atoms with Crippen molar-refractivity contribution in [1.82, 2.24) is 9.80 Å². The van der Waals surface area contributed by atoms with E-state index in [2.05, 4.69) is 40.1 Å².